The van der Waals surface area contributed by atoms with Crippen LogP contribution in [0.4, 0.5) is 22.7 Å². The number of imide groups is 1. The van der Waals surface area contributed by atoms with Crippen LogP contribution in [0.2, 0.25) is 0 Å². The van der Waals surface area contributed by atoms with E-state index < -0.39 is 35.2 Å². The summed E-state index contributed by atoms with van der Waals surface area (Å²) in [5, 5.41) is 6.22. The smallest absolute Gasteiger partial charge is 0.253 e. The van der Waals surface area contributed by atoms with Gasteiger partial charge in [0.1, 0.15) is 12.1 Å². The van der Waals surface area contributed by atoms with Crippen molar-refractivity contribution in [1.29, 1.82) is 0 Å². The lowest BCUT2D eigenvalue weighted by molar-refractivity contribution is -0.132. The van der Waals surface area contributed by atoms with Crippen LogP contribution in [0.5, 0.6) is 0 Å². The monoisotopic (exact) mass is 605 g/mol. The Morgan fingerprint density at radius 1 is 0.933 bits per heavy atom. The summed E-state index contributed by atoms with van der Waals surface area (Å²) in [5.41, 5.74) is 2.54. The van der Waals surface area contributed by atoms with E-state index in [1.807, 2.05) is 56.3 Å². The molecule has 4 atom stereocenters. The van der Waals surface area contributed by atoms with E-state index >= 15 is 0 Å². The first kappa shape index (κ1) is 28.9. The van der Waals surface area contributed by atoms with Crippen LogP contribution in [-0.2, 0) is 35.9 Å². The molecule has 0 radical (unpaired) electrons. The summed E-state index contributed by atoms with van der Waals surface area (Å²) in [6.07, 6.45) is 1.33. The predicted octanol–water partition coefficient (Wildman–Crippen LogP) is 3.60. The van der Waals surface area contributed by atoms with Crippen LogP contribution in [0.1, 0.15) is 38.3 Å². The van der Waals surface area contributed by atoms with Crippen molar-refractivity contribution < 1.29 is 24.0 Å². The minimum atomic E-state index is -1.50. The van der Waals surface area contributed by atoms with E-state index in [2.05, 4.69) is 10.6 Å². The molecule has 3 aromatic rings. The zero-order valence-electron chi connectivity index (χ0n) is 25.4. The van der Waals surface area contributed by atoms with Crippen LogP contribution in [-0.4, -0.2) is 48.7 Å². The first-order valence-electron chi connectivity index (χ1n) is 15.4. The largest absolute Gasteiger partial charge is 0.326 e. The number of amides is 5. The molecule has 4 aliphatic heterocycles. The van der Waals surface area contributed by atoms with Gasteiger partial charge in [-0.3, -0.25) is 29.3 Å². The number of para-hydroxylation sites is 2. The molecule has 2 fully saturated rings. The molecule has 5 amide bonds. The topological polar surface area (TPSA) is 119 Å². The second kappa shape index (κ2) is 10.7. The lowest BCUT2D eigenvalue weighted by atomic mass is 9.76. The van der Waals surface area contributed by atoms with Crippen molar-refractivity contribution in [2.45, 2.75) is 45.2 Å². The fourth-order valence-corrected chi connectivity index (χ4v) is 7.78. The van der Waals surface area contributed by atoms with Gasteiger partial charge in [-0.1, -0.05) is 50.2 Å². The summed E-state index contributed by atoms with van der Waals surface area (Å²) in [6.45, 7) is 5.85. The Kier molecular flexibility index (Phi) is 6.85. The van der Waals surface area contributed by atoms with Crippen molar-refractivity contribution in [1.82, 2.24) is 5.32 Å². The Balaban J connectivity index is 1.27. The fraction of sp³-hybridized carbons (Fsp3) is 0.343. The van der Waals surface area contributed by atoms with Gasteiger partial charge in [0.15, 0.2) is 0 Å². The van der Waals surface area contributed by atoms with Gasteiger partial charge in [-0.25, -0.2) is 4.90 Å². The highest BCUT2D eigenvalue weighted by molar-refractivity contribution is 6.26. The molecule has 4 aliphatic rings. The number of hydrogen-bond acceptors (Lipinski definition) is 6. The van der Waals surface area contributed by atoms with Crippen molar-refractivity contribution in [3.8, 4) is 0 Å². The summed E-state index contributed by atoms with van der Waals surface area (Å²) in [6, 6.07) is 21.1. The van der Waals surface area contributed by atoms with Crippen LogP contribution >= 0.6 is 0 Å². The first-order valence-corrected chi connectivity index (χ1v) is 15.4. The molecule has 230 valence electrons. The zero-order valence-corrected chi connectivity index (χ0v) is 25.4. The minimum absolute atomic E-state index is 0.184. The third-order valence-electron chi connectivity index (χ3n) is 9.52. The predicted molar refractivity (Wildman–Crippen MR) is 170 cm³/mol. The maximum absolute atomic E-state index is 14.8. The molecular formula is C35H35N5O5. The second-order valence-corrected chi connectivity index (χ2v) is 12.8. The van der Waals surface area contributed by atoms with Crippen molar-refractivity contribution >= 4 is 52.3 Å². The molecule has 0 aromatic heterocycles. The third kappa shape index (κ3) is 4.38. The van der Waals surface area contributed by atoms with Gasteiger partial charge in [-0.05, 0) is 60.7 Å². The Hall–Kier alpha value is -4.83. The highest BCUT2D eigenvalue weighted by atomic mass is 16.2. The maximum Gasteiger partial charge on any atom is 0.253 e. The number of fused-ring (bicyclic) bond motifs is 5. The fourth-order valence-electron chi connectivity index (χ4n) is 7.78. The number of nitrogens with zero attached hydrogens (tertiary/aromatic N) is 3. The second-order valence-electron chi connectivity index (χ2n) is 12.8. The van der Waals surface area contributed by atoms with Crippen molar-refractivity contribution in [2.75, 3.05) is 33.1 Å². The zero-order chi connectivity index (χ0) is 31.6. The average molecular weight is 606 g/mol. The summed E-state index contributed by atoms with van der Waals surface area (Å²) in [5.74, 6) is -3.23. The molecule has 2 saturated heterocycles. The number of nitrogens with one attached hydrogen (secondary N) is 2. The molecular weight excluding hydrogens is 570 g/mol. The summed E-state index contributed by atoms with van der Waals surface area (Å²) in [7, 11) is 0. The Labute approximate surface area is 261 Å². The van der Waals surface area contributed by atoms with Crippen LogP contribution in [0, 0.1) is 17.8 Å². The van der Waals surface area contributed by atoms with Crippen molar-refractivity contribution in [2.24, 2.45) is 17.8 Å². The SMILES string of the molecule is CC(=O)Nc1ccc(N2C(=O)[C@@H]3[C@H](CC(C)C)N[C@@]4(C(=O)N(CC(=O)N5CCc6ccccc65)c5ccccc54)[C@@H]3C2=O)cc1. The summed E-state index contributed by atoms with van der Waals surface area (Å²) in [4.78, 5) is 73.1. The number of rotatable bonds is 6. The quantitative estimate of drug-likeness (QED) is 0.415. The van der Waals surface area contributed by atoms with Crippen LogP contribution in [0.15, 0.2) is 72.8 Å². The lowest BCUT2D eigenvalue weighted by Crippen LogP contribution is -2.56. The van der Waals surface area contributed by atoms with Crippen molar-refractivity contribution in [3.05, 3.63) is 83.9 Å². The first-order chi connectivity index (χ1) is 21.6. The van der Waals surface area contributed by atoms with Gasteiger partial charge < -0.3 is 15.1 Å². The summed E-state index contributed by atoms with van der Waals surface area (Å²) >= 11 is 0. The van der Waals surface area contributed by atoms with Gasteiger partial charge in [0.05, 0.1) is 17.5 Å². The van der Waals surface area contributed by atoms with Gasteiger partial charge in [0.25, 0.3) is 5.91 Å². The van der Waals surface area contributed by atoms with Crippen molar-refractivity contribution in [3.63, 3.8) is 0 Å². The van der Waals surface area contributed by atoms with Crippen LogP contribution in [0.3, 0.4) is 0 Å². The normalized spacial score (nSPS) is 24.9. The molecule has 7 rings (SSSR count). The Bertz CT molecular complexity index is 1750. The molecule has 10 heteroatoms. The minimum Gasteiger partial charge on any atom is -0.326 e. The highest BCUT2D eigenvalue weighted by Crippen LogP contribution is 2.56. The Morgan fingerprint density at radius 2 is 1.62 bits per heavy atom. The van der Waals surface area contributed by atoms with Crippen LogP contribution in [0.25, 0.3) is 0 Å². The lowest BCUT2D eigenvalue weighted by Gasteiger charge is -2.31. The number of anilines is 4. The molecule has 0 saturated carbocycles. The third-order valence-corrected chi connectivity index (χ3v) is 9.52. The van der Waals surface area contributed by atoms with Gasteiger partial charge in [-0.2, -0.15) is 0 Å². The molecule has 10 nitrogen and oxygen atoms in total. The Morgan fingerprint density at radius 3 is 2.33 bits per heavy atom. The average Bonchev–Trinajstić information content (AvgIpc) is 3.72. The molecule has 3 aromatic carbocycles. The van der Waals surface area contributed by atoms with E-state index in [9.17, 15) is 24.0 Å². The molecule has 2 N–H and O–H groups in total. The van der Waals surface area contributed by atoms with E-state index in [-0.39, 0.29) is 30.2 Å². The number of hydrogen-bond donors (Lipinski definition) is 2. The molecule has 0 unspecified atom stereocenters. The highest BCUT2D eigenvalue weighted by Gasteiger charge is 2.71. The standard InChI is InChI=1S/C35H35N5O5/c1-20(2)18-26-30-31(33(44)40(32(30)43)24-14-12-23(13-15-24)36-21(3)41)35(37-26)25-9-5-7-11-28(25)39(34(35)45)19-29(42)38-17-16-22-8-4-6-10-27(22)38/h4-15,20,26,30-31,37H,16-19H2,1-3H3,(H,36,41)/t26-,30+,31-,35+/m0/s1. The molecule has 0 aliphatic carbocycles. The molecule has 1 spiro atoms. The van der Waals surface area contributed by atoms with Gasteiger partial charge >= 0.3 is 0 Å². The van der Waals surface area contributed by atoms with Gasteiger partial charge in [0.2, 0.25) is 23.6 Å². The maximum atomic E-state index is 14.8. The molecule has 45 heavy (non-hydrogen) atoms. The van der Waals surface area contributed by atoms with Gasteiger partial charge in [-0.15, -0.1) is 0 Å². The number of carbonyl (C=O) groups is 5. The number of carbonyl (C=O) groups excluding carboxylic acids is 5. The van der Waals surface area contributed by atoms with E-state index in [1.165, 1.54) is 16.7 Å². The van der Waals surface area contributed by atoms with Crippen LogP contribution < -0.4 is 25.3 Å². The molecule has 0 bridgehead atoms. The molecule has 4 heterocycles. The van der Waals surface area contributed by atoms with E-state index in [0.29, 0.717) is 35.6 Å². The van der Waals surface area contributed by atoms with E-state index in [0.717, 1.165) is 17.7 Å². The summed E-state index contributed by atoms with van der Waals surface area (Å²) < 4.78 is 0. The van der Waals surface area contributed by atoms with E-state index in [1.54, 1.807) is 35.2 Å². The number of benzene rings is 3. The van der Waals surface area contributed by atoms with E-state index in [4.69, 9.17) is 0 Å². The van der Waals surface area contributed by atoms with Gasteiger partial charge in [0, 0.05) is 42.1 Å².